The minimum atomic E-state index is -3.83. The Morgan fingerprint density at radius 2 is 1.38 bits per heavy atom. The Hall–Kier alpha value is 2.25. The van der Waals surface area contributed by atoms with E-state index in [1.807, 2.05) is 0 Å². The number of hydrogen-bond acceptors (Lipinski definition) is 2. The van der Waals surface area contributed by atoms with Gasteiger partial charge in [0.15, 0.2) is 0 Å². The second-order valence-electron chi connectivity index (χ2n) is 0.448. The van der Waals surface area contributed by atoms with Gasteiger partial charge in [0.1, 0.15) is 0 Å². The van der Waals surface area contributed by atoms with E-state index in [4.69, 9.17) is 13.3 Å². The van der Waals surface area contributed by atoms with Crippen LogP contribution in [0.3, 0.4) is 0 Å². The monoisotopic (exact) mass is 180 g/mol. The first-order valence-electron chi connectivity index (χ1n) is 0.698. The summed E-state index contributed by atoms with van der Waals surface area (Å²) in [5, 5.41) is 0. The molecule has 4 N–H and O–H groups in total. The van der Waals surface area contributed by atoms with Crippen molar-refractivity contribution in [1.82, 2.24) is 0 Å². The zero-order valence-corrected chi connectivity index (χ0v) is 10.3. The van der Waals surface area contributed by atoms with Gasteiger partial charge in [-0.1, -0.05) is 0 Å². The molecule has 0 aliphatic carbocycles. The maximum atomic E-state index is 9.11. The molecule has 0 saturated carbocycles. The van der Waals surface area contributed by atoms with Gasteiger partial charge >= 0.3 is 59.1 Å². The van der Waals surface area contributed by atoms with E-state index in [0.29, 0.717) is 0 Å². The van der Waals surface area contributed by atoms with Crippen LogP contribution in [0, 0.1) is 0 Å². The Morgan fingerprint density at radius 3 is 1.38 bits per heavy atom. The molecule has 0 radical (unpaired) electrons. The van der Waals surface area contributed by atoms with Crippen LogP contribution in [0.4, 0.5) is 0 Å². The maximum Gasteiger partial charge on any atom is 1.00 e. The van der Waals surface area contributed by atoms with Crippen molar-refractivity contribution in [2.75, 3.05) is 0 Å². The smallest absolute Gasteiger partial charge is 1.00 e. The third kappa shape index (κ3) is 85.7. The van der Waals surface area contributed by atoms with Gasteiger partial charge in [-0.25, -0.2) is 0 Å². The number of hydrogen-bond donors (Lipinski definition) is 2. The molecule has 0 spiro atoms. The van der Waals surface area contributed by atoms with Crippen LogP contribution in [0.5, 0.6) is 0 Å². The number of rotatable bonds is 0. The summed E-state index contributed by atoms with van der Waals surface area (Å²) in [7, 11) is -3.83. The zero-order chi connectivity index (χ0) is 4.50. The molecule has 44 valence electrons. The van der Waals surface area contributed by atoms with E-state index in [0.717, 1.165) is 0 Å². The molecule has 0 rings (SSSR count). The second kappa shape index (κ2) is 9.25. The first kappa shape index (κ1) is 22.5. The average molecular weight is 180 g/mol. The van der Waals surface area contributed by atoms with Crippen molar-refractivity contribution in [3.8, 4) is 0 Å². The Balaban J connectivity index is -0.00000000800. The van der Waals surface area contributed by atoms with Crippen LogP contribution < -0.4 is 59.1 Å². The molecule has 0 aromatic heterocycles. The fourth-order valence-corrected chi connectivity index (χ4v) is 0. The van der Waals surface area contributed by atoms with E-state index >= 15 is 0 Å². The van der Waals surface area contributed by atoms with Crippen molar-refractivity contribution in [2.24, 2.45) is 0 Å². The SMILES string of the molecule is O.O=S(O)(O)=S.[H-].[H-].[Na+].[Na+]. The molecule has 0 unspecified atom stereocenters. The van der Waals surface area contributed by atoms with Crippen molar-refractivity contribution in [2.45, 2.75) is 0 Å². The Labute approximate surface area is 99.6 Å². The van der Waals surface area contributed by atoms with Crippen LogP contribution in [-0.4, -0.2) is 18.8 Å². The zero-order valence-electron chi connectivity index (χ0n) is 6.62. The van der Waals surface area contributed by atoms with E-state index in [-0.39, 0.29) is 67.4 Å². The average Bonchev–Trinajstić information content (AvgIpc) is 0.722. The van der Waals surface area contributed by atoms with Gasteiger partial charge in [-0.05, 0) is 0 Å². The first-order chi connectivity index (χ1) is 2.00. The van der Waals surface area contributed by atoms with E-state index in [1.165, 1.54) is 0 Å². The van der Waals surface area contributed by atoms with Gasteiger partial charge in [-0.2, -0.15) is 4.21 Å². The maximum absolute atomic E-state index is 9.11. The molecule has 0 saturated heterocycles. The van der Waals surface area contributed by atoms with Crippen LogP contribution in [0.2, 0.25) is 0 Å². The van der Waals surface area contributed by atoms with Gasteiger partial charge < -0.3 is 8.33 Å². The van der Waals surface area contributed by atoms with Crippen molar-refractivity contribution < 1.29 is 80.8 Å². The van der Waals surface area contributed by atoms with E-state index < -0.39 is 9.05 Å². The minimum Gasteiger partial charge on any atom is -1.00 e. The summed E-state index contributed by atoms with van der Waals surface area (Å²) in [6.45, 7) is 0. The molecule has 0 atom stereocenters. The predicted molar refractivity (Wildman–Crippen MR) is 26.6 cm³/mol. The van der Waals surface area contributed by atoms with Crippen LogP contribution in [0.1, 0.15) is 2.85 Å². The topological polar surface area (TPSA) is 89.0 Å². The molecule has 8 heteroatoms. The first-order valence-corrected chi connectivity index (χ1v) is 3.10. The standard InChI is InChI=1S/2Na.H2O3S2.H2O.2H/c;;1-5(2,3)4;;;/h;;(H2,1,2,3,4);1H2;;/q2*+1;;;2*-1. The van der Waals surface area contributed by atoms with Crippen molar-refractivity contribution in [3.05, 3.63) is 0 Å². The van der Waals surface area contributed by atoms with Gasteiger partial charge in [-0.15, -0.1) is 0 Å². The Bertz CT molecular complexity index is 102. The summed E-state index contributed by atoms with van der Waals surface area (Å²) in [5.41, 5.74) is 0. The van der Waals surface area contributed by atoms with E-state index in [9.17, 15) is 0 Å². The largest absolute Gasteiger partial charge is 1.00 e. The Kier molecular flexibility index (Phi) is 26.0. The van der Waals surface area contributed by atoms with Crippen LogP contribution in [0.15, 0.2) is 0 Å². The van der Waals surface area contributed by atoms with E-state index in [2.05, 4.69) is 11.2 Å². The van der Waals surface area contributed by atoms with Crippen molar-refractivity contribution in [3.63, 3.8) is 0 Å². The normalized spacial score (nSPS) is 7.25. The Morgan fingerprint density at radius 1 is 1.38 bits per heavy atom. The van der Waals surface area contributed by atoms with Crippen LogP contribution in [0.25, 0.3) is 0 Å². The molecular weight excluding hydrogens is 174 g/mol. The molecule has 0 aliphatic heterocycles. The predicted octanol–water partition coefficient (Wildman–Crippen LogP) is -6.91. The molecule has 0 heterocycles. The molecular formula is H6Na2O4S2. The molecule has 0 bridgehead atoms. The van der Waals surface area contributed by atoms with E-state index in [1.54, 1.807) is 0 Å². The summed E-state index contributed by atoms with van der Waals surface area (Å²) in [4.78, 5) is 0. The van der Waals surface area contributed by atoms with Crippen molar-refractivity contribution in [1.29, 1.82) is 0 Å². The summed E-state index contributed by atoms with van der Waals surface area (Å²) >= 11 is 3.47. The van der Waals surface area contributed by atoms with Gasteiger partial charge in [-0.3, -0.25) is 9.11 Å². The molecule has 0 fully saturated rings. The summed E-state index contributed by atoms with van der Waals surface area (Å²) < 4.78 is 24.0. The van der Waals surface area contributed by atoms with Gasteiger partial charge in [0.2, 0.25) is 0 Å². The fourth-order valence-electron chi connectivity index (χ4n) is 0. The summed E-state index contributed by atoms with van der Waals surface area (Å²) in [6.07, 6.45) is 0. The molecule has 0 aromatic rings. The summed E-state index contributed by atoms with van der Waals surface area (Å²) in [6, 6.07) is 0. The minimum absolute atomic E-state index is 0. The van der Waals surface area contributed by atoms with Crippen LogP contribution in [-0.2, 0) is 20.2 Å². The quantitative estimate of drug-likeness (QED) is 0.362. The third-order valence-corrected chi connectivity index (χ3v) is 0. The molecule has 0 amide bonds. The van der Waals surface area contributed by atoms with Crippen molar-refractivity contribution >= 4 is 20.2 Å². The second-order valence-corrected chi connectivity index (χ2v) is 2.65. The molecule has 0 aliphatic rings. The molecule has 8 heavy (non-hydrogen) atoms. The molecule has 4 nitrogen and oxygen atoms in total. The summed E-state index contributed by atoms with van der Waals surface area (Å²) in [5.74, 6) is 0. The van der Waals surface area contributed by atoms with Gasteiger partial charge in [0.25, 0.3) is 9.05 Å². The van der Waals surface area contributed by atoms with Gasteiger partial charge in [0, 0.05) is 11.2 Å². The van der Waals surface area contributed by atoms with Gasteiger partial charge in [0.05, 0.1) is 0 Å². The molecule has 0 aromatic carbocycles. The van der Waals surface area contributed by atoms with Crippen LogP contribution >= 0.6 is 0 Å². The fraction of sp³-hybridized carbons (Fsp3) is 0. The third-order valence-electron chi connectivity index (χ3n) is 0.